The van der Waals surface area contributed by atoms with Crippen LogP contribution in [-0.2, 0) is 0 Å². The zero-order valence-electron chi connectivity index (χ0n) is 9.30. The minimum Gasteiger partial charge on any atom is -0.507 e. The number of carboxylic acid groups (broad SMARTS) is 1. The maximum absolute atomic E-state index is 10.8. The summed E-state index contributed by atoms with van der Waals surface area (Å²) in [7, 11) is 0. The zero-order valence-corrected chi connectivity index (χ0v) is 10.1. The van der Waals surface area contributed by atoms with Gasteiger partial charge in [-0.1, -0.05) is 12.1 Å². The first-order chi connectivity index (χ1) is 7.56. The van der Waals surface area contributed by atoms with Crippen LogP contribution in [0.15, 0.2) is 30.9 Å². The van der Waals surface area contributed by atoms with Crippen molar-refractivity contribution in [3.05, 3.63) is 42.0 Å². The molecule has 0 aliphatic rings. The SMILES string of the molecule is C=CCC[C@H](N)c1ccc(O)c(C(=O)O)c1.Cl. The predicted octanol–water partition coefficient (Wildman–Crippen LogP) is 2.48. The third-order valence-corrected chi connectivity index (χ3v) is 2.36. The molecule has 0 radical (unpaired) electrons. The number of hydrogen-bond acceptors (Lipinski definition) is 3. The average molecular weight is 258 g/mol. The van der Waals surface area contributed by atoms with Gasteiger partial charge in [0.1, 0.15) is 11.3 Å². The third kappa shape index (κ3) is 4.09. The predicted molar refractivity (Wildman–Crippen MR) is 68.7 cm³/mol. The van der Waals surface area contributed by atoms with Gasteiger partial charge >= 0.3 is 5.97 Å². The molecule has 0 spiro atoms. The number of benzene rings is 1. The first-order valence-corrected chi connectivity index (χ1v) is 4.99. The number of aromatic hydroxyl groups is 1. The molecule has 4 nitrogen and oxygen atoms in total. The van der Waals surface area contributed by atoms with Gasteiger partial charge in [0, 0.05) is 6.04 Å². The fourth-order valence-corrected chi connectivity index (χ4v) is 1.42. The van der Waals surface area contributed by atoms with E-state index in [-0.39, 0.29) is 29.8 Å². The van der Waals surface area contributed by atoms with Gasteiger partial charge in [0.05, 0.1) is 0 Å². The highest BCUT2D eigenvalue weighted by atomic mass is 35.5. The minimum absolute atomic E-state index is 0. The Labute approximate surface area is 106 Å². The Hall–Kier alpha value is -1.52. The van der Waals surface area contributed by atoms with E-state index in [1.807, 2.05) is 0 Å². The van der Waals surface area contributed by atoms with Gasteiger partial charge < -0.3 is 15.9 Å². The van der Waals surface area contributed by atoms with E-state index >= 15 is 0 Å². The molecule has 0 fully saturated rings. The molecule has 17 heavy (non-hydrogen) atoms. The lowest BCUT2D eigenvalue weighted by molar-refractivity contribution is 0.0693. The Morgan fingerprint density at radius 2 is 2.18 bits per heavy atom. The van der Waals surface area contributed by atoms with Crippen molar-refractivity contribution < 1.29 is 15.0 Å². The van der Waals surface area contributed by atoms with Crippen molar-refractivity contribution >= 4 is 18.4 Å². The molecule has 5 heteroatoms. The highest BCUT2D eigenvalue weighted by molar-refractivity contribution is 5.90. The molecule has 0 amide bonds. The highest BCUT2D eigenvalue weighted by Gasteiger charge is 2.13. The largest absolute Gasteiger partial charge is 0.507 e. The summed E-state index contributed by atoms with van der Waals surface area (Å²) in [6, 6.07) is 4.16. The van der Waals surface area contributed by atoms with Gasteiger partial charge in [-0.2, -0.15) is 0 Å². The number of phenols is 1. The van der Waals surface area contributed by atoms with Crippen LogP contribution in [-0.4, -0.2) is 16.2 Å². The van der Waals surface area contributed by atoms with Crippen LogP contribution in [0.4, 0.5) is 0 Å². The Morgan fingerprint density at radius 1 is 1.53 bits per heavy atom. The summed E-state index contributed by atoms with van der Waals surface area (Å²) in [5.41, 5.74) is 6.46. The number of hydrogen-bond donors (Lipinski definition) is 3. The van der Waals surface area contributed by atoms with Gasteiger partial charge in [-0.25, -0.2) is 4.79 Å². The second-order valence-corrected chi connectivity index (χ2v) is 3.55. The summed E-state index contributed by atoms with van der Waals surface area (Å²) >= 11 is 0. The summed E-state index contributed by atoms with van der Waals surface area (Å²) in [4.78, 5) is 10.8. The standard InChI is InChI=1S/C12H15NO3.ClH/c1-2-3-4-10(13)8-5-6-11(14)9(7-8)12(15)16;/h2,5-7,10,14H,1,3-4,13H2,(H,15,16);1H/t10-;/m0./s1. The molecule has 1 atom stereocenters. The van der Waals surface area contributed by atoms with E-state index in [1.165, 1.54) is 12.1 Å². The van der Waals surface area contributed by atoms with Crippen molar-refractivity contribution in [3.63, 3.8) is 0 Å². The van der Waals surface area contributed by atoms with Crippen LogP contribution in [0.5, 0.6) is 5.75 Å². The molecular formula is C12H16ClNO3. The number of carboxylic acids is 1. The molecule has 1 aromatic carbocycles. The first-order valence-electron chi connectivity index (χ1n) is 4.99. The minimum atomic E-state index is -1.16. The lowest BCUT2D eigenvalue weighted by Gasteiger charge is -2.12. The van der Waals surface area contributed by atoms with Gasteiger partial charge in [-0.15, -0.1) is 19.0 Å². The summed E-state index contributed by atoms with van der Waals surface area (Å²) in [6.45, 7) is 3.60. The normalized spacial score (nSPS) is 11.4. The van der Waals surface area contributed by atoms with E-state index in [2.05, 4.69) is 6.58 Å². The van der Waals surface area contributed by atoms with Gasteiger partial charge in [0.25, 0.3) is 0 Å². The molecule has 0 aliphatic carbocycles. The molecule has 4 N–H and O–H groups in total. The number of aromatic carboxylic acids is 1. The fraction of sp³-hybridized carbons (Fsp3) is 0.250. The van der Waals surface area contributed by atoms with Crippen molar-refractivity contribution in [2.75, 3.05) is 0 Å². The lowest BCUT2D eigenvalue weighted by Crippen LogP contribution is -2.11. The summed E-state index contributed by atoms with van der Waals surface area (Å²) in [5.74, 6) is -1.40. The Bertz CT molecular complexity index is 407. The Morgan fingerprint density at radius 3 is 2.71 bits per heavy atom. The van der Waals surface area contributed by atoms with Crippen molar-refractivity contribution in [1.29, 1.82) is 0 Å². The van der Waals surface area contributed by atoms with E-state index in [9.17, 15) is 9.90 Å². The van der Waals surface area contributed by atoms with E-state index in [4.69, 9.17) is 10.8 Å². The number of halogens is 1. The summed E-state index contributed by atoms with van der Waals surface area (Å²) in [6.07, 6.45) is 3.23. The lowest BCUT2D eigenvalue weighted by atomic mass is 10.00. The number of rotatable bonds is 5. The van der Waals surface area contributed by atoms with Crippen molar-refractivity contribution in [2.45, 2.75) is 18.9 Å². The number of allylic oxidation sites excluding steroid dienone is 1. The maximum Gasteiger partial charge on any atom is 0.339 e. The van der Waals surface area contributed by atoms with Crippen LogP contribution in [0.3, 0.4) is 0 Å². The molecule has 1 aromatic rings. The van der Waals surface area contributed by atoms with Crippen LogP contribution in [0, 0.1) is 0 Å². The van der Waals surface area contributed by atoms with Gasteiger partial charge in [0.2, 0.25) is 0 Å². The molecule has 0 heterocycles. The quantitative estimate of drug-likeness (QED) is 0.708. The van der Waals surface area contributed by atoms with E-state index in [1.54, 1.807) is 12.1 Å². The number of nitrogens with two attached hydrogens (primary N) is 1. The van der Waals surface area contributed by atoms with Crippen LogP contribution < -0.4 is 5.73 Å². The molecule has 0 aromatic heterocycles. The van der Waals surface area contributed by atoms with Crippen molar-refractivity contribution in [1.82, 2.24) is 0 Å². The van der Waals surface area contributed by atoms with Crippen LogP contribution >= 0.6 is 12.4 Å². The van der Waals surface area contributed by atoms with Gasteiger partial charge in [0.15, 0.2) is 0 Å². The topological polar surface area (TPSA) is 83.5 Å². The Kier molecular flexibility index (Phi) is 6.31. The van der Waals surface area contributed by atoms with E-state index < -0.39 is 5.97 Å². The first kappa shape index (κ1) is 15.5. The van der Waals surface area contributed by atoms with Gasteiger partial charge in [-0.3, -0.25) is 0 Å². The van der Waals surface area contributed by atoms with Crippen molar-refractivity contribution in [2.24, 2.45) is 5.73 Å². The monoisotopic (exact) mass is 257 g/mol. The van der Waals surface area contributed by atoms with E-state index in [0.717, 1.165) is 6.42 Å². The Balaban J connectivity index is 0.00000256. The third-order valence-electron chi connectivity index (χ3n) is 2.36. The van der Waals surface area contributed by atoms with E-state index in [0.29, 0.717) is 12.0 Å². The van der Waals surface area contributed by atoms with Crippen LogP contribution in [0.25, 0.3) is 0 Å². The molecule has 94 valence electrons. The zero-order chi connectivity index (χ0) is 12.1. The van der Waals surface area contributed by atoms with Crippen LogP contribution in [0.2, 0.25) is 0 Å². The number of carbonyl (C=O) groups is 1. The van der Waals surface area contributed by atoms with Crippen LogP contribution in [0.1, 0.15) is 34.8 Å². The second-order valence-electron chi connectivity index (χ2n) is 3.55. The second kappa shape index (κ2) is 6.93. The molecule has 0 aliphatic heterocycles. The summed E-state index contributed by atoms with van der Waals surface area (Å²) < 4.78 is 0. The molecule has 1 rings (SSSR count). The average Bonchev–Trinajstić information content (AvgIpc) is 2.26. The molecular weight excluding hydrogens is 242 g/mol. The highest BCUT2D eigenvalue weighted by Crippen LogP contribution is 2.23. The molecule has 0 unspecified atom stereocenters. The fourth-order valence-electron chi connectivity index (χ4n) is 1.42. The van der Waals surface area contributed by atoms with Crippen molar-refractivity contribution in [3.8, 4) is 5.75 Å². The summed E-state index contributed by atoms with van der Waals surface area (Å²) in [5, 5.41) is 18.2. The molecule has 0 bridgehead atoms. The molecule has 0 saturated heterocycles. The smallest absolute Gasteiger partial charge is 0.339 e. The molecule has 0 saturated carbocycles. The van der Waals surface area contributed by atoms with Gasteiger partial charge in [-0.05, 0) is 30.5 Å². The maximum atomic E-state index is 10.8.